The van der Waals surface area contributed by atoms with Gasteiger partial charge in [-0.05, 0) is 231 Å². The lowest BCUT2D eigenvalue weighted by atomic mass is 9.82. The van der Waals surface area contributed by atoms with Gasteiger partial charge in [-0.3, -0.25) is 9.98 Å². The molecule has 0 aliphatic rings. The Morgan fingerprint density at radius 1 is 0.235 bits per heavy atom. The Hall–Kier alpha value is -7.88. The Morgan fingerprint density at radius 2 is 0.378 bits per heavy atom. The van der Waals surface area contributed by atoms with Crippen molar-refractivity contribution in [3.8, 4) is 0 Å². The highest BCUT2D eigenvalue weighted by Gasteiger charge is 2.26. The highest BCUT2D eigenvalue weighted by Crippen LogP contribution is 2.45. The number of hydrogen-bond donors (Lipinski definition) is 1. The van der Waals surface area contributed by atoms with Gasteiger partial charge >= 0.3 is 0 Å². The molecule has 516 valence electrons. The van der Waals surface area contributed by atoms with Crippen LogP contribution in [0.15, 0.2) is 156 Å². The average Bonchev–Trinajstić information content (AvgIpc) is 0.791. The Balaban J connectivity index is 0.000000319. The first kappa shape index (κ1) is 75.9. The van der Waals surface area contributed by atoms with Crippen molar-refractivity contribution in [2.24, 2.45) is 9.98 Å². The van der Waals surface area contributed by atoms with Crippen LogP contribution in [0.2, 0.25) is 0 Å². The van der Waals surface area contributed by atoms with Crippen LogP contribution in [-0.2, 0) is 77.0 Å². The smallest absolute Gasteiger partial charge is 0.0706 e. The molecule has 0 fully saturated rings. The van der Waals surface area contributed by atoms with Gasteiger partial charge in [-0.15, -0.1) is 0 Å². The zero-order chi connectivity index (χ0) is 71.1. The standard InChI is InChI=1S/C64H80N2.C31H41N/c1-15-47-29-48(16-2)34-55(33-47)43(11)59-25-41(9)26-60(44(12)56-35-49(17-3)30-50(18-4)36-56)63(59)65-23-24-66-64-61(45(13)57-37-51(19-5)31-52(20-6)38-57)27-42(10)28-62(64)46(14)58-39-53(21-7)32-54(22-8)40-58;1-8-23-14-24(9-2)17-27(16-23)21(6)29-12-20(5)13-30(31(29)32)22(7)28-18-25(10-3)15-26(11-4)19-28/h23-40,43-46H,15-22H2,1-14H3;12-19,21-22H,8-11,32H2,1-7H3/t43-,44-,45-,46-;21-,22-/m11/s1. The van der Waals surface area contributed by atoms with Gasteiger partial charge < -0.3 is 5.73 Å². The van der Waals surface area contributed by atoms with Gasteiger partial charge in [-0.1, -0.05) is 287 Å². The second kappa shape index (κ2) is 35.2. The second-order valence-electron chi connectivity index (χ2n) is 28.6. The zero-order valence-electron chi connectivity index (χ0n) is 64.4. The van der Waals surface area contributed by atoms with E-state index in [1.165, 1.54) is 150 Å². The van der Waals surface area contributed by atoms with Crippen molar-refractivity contribution in [2.75, 3.05) is 5.73 Å². The third kappa shape index (κ3) is 18.3. The molecular formula is C95H121N3. The van der Waals surface area contributed by atoms with E-state index in [4.69, 9.17) is 15.7 Å². The molecule has 0 spiro atoms. The quantitative estimate of drug-likeness (QED) is 0.0405. The van der Waals surface area contributed by atoms with Gasteiger partial charge in [0.25, 0.3) is 0 Å². The predicted octanol–water partition coefficient (Wildman–Crippen LogP) is 25.6. The van der Waals surface area contributed by atoms with Crippen molar-refractivity contribution in [3.05, 3.63) is 296 Å². The number of aryl methyl sites for hydroxylation is 15. The maximum absolute atomic E-state index is 6.91. The molecular weight excluding hydrogens is 1180 g/mol. The number of benzene rings is 9. The molecule has 0 radical (unpaired) electrons. The first-order valence-corrected chi connectivity index (χ1v) is 38.1. The minimum absolute atomic E-state index is 0.153. The van der Waals surface area contributed by atoms with Gasteiger partial charge in [0.05, 0.1) is 11.4 Å². The molecule has 0 aliphatic heterocycles. The minimum atomic E-state index is 0.153. The van der Waals surface area contributed by atoms with E-state index in [1.54, 1.807) is 0 Å². The lowest BCUT2D eigenvalue weighted by Crippen LogP contribution is -2.09. The molecule has 0 aromatic heterocycles. The van der Waals surface area contributed by atoms with Crippen LogP contribution in [0.4, 0.5) is 17.1 Å². The van der Waals surface area contributed by atoms with Crippen LogP contribution in [0.25, 0.3) is 0 Å². The molecule has 0 amide bonds. The molecule has 0 unspecified atom stereocenters. The van der Waals surface area contributed by atoms with Crippen molar-refractivity contribution >= 4 is 29.5 Å². The van der Waals surface area contributed by atoms with E-state index in [2.05, 4.69) is 291 Å². The summed E-state index contributed by atoms with van der Waals surface area (Å²) in [7, 11) is 0. The maximum atomic E-state index is 6.91. The molecule has 0 saturated heterocycles. The SMILES string of the molecule is CCc1cc(CC)cc([C@@H](C)c2cc(C)cc([C@H](C)c3cc(CC)cc(CC)c3)c2N)c1.CCc1cc(CC)cc([C@@H](C)c2cc(C)cc([C@H](C)c3cc(CC)cc(CC)c3)c2N=CC=Nc2c([C@H](C)c3cc(CC)cc(CC)c3)cc(C)cc2[C@H](C)c2cc(CC)cc(CC)c2)c1. The van der Waals surface area contributed by atoms with E-state index in [1.807, 2.05) is 12.4 Å². The number of hydrogen-bond acceptors (Lipinski definition) is 3. The zero-order valence-corrected chi connectivity index (χ0v) is 64.4. The summed E-state index contributed by atoms with van der Waals surface area (Å²) >= 11 is 0. The molecule has 9 aromatic rings. The van der Waals surface area contributed by atoms with Crippen molar-refractivity contribution in [1.82, 2.24) is 0 Å². The van der Waals surface area contributed by atoms with E-state index in [9.17, 15) is 0 Å². The summed E-state index contributed by atoms with van der Waals surface area (Å²) < 4.78 is 0. The summed E-state index contributed by atoms with van der Waals surface area (Å²) in [5, 5.41) is 0. The van der Waals surface area contributed by atoms with Gasteiger partial charge in [-0.2, -0.15) is 0 Å². The largest absolute Gasteiger partial charge is 0.398 e. The third-order valence-corrected chi connectivity index (χ3v) is 21.6. The number of aliphatic imine (C=N–C) groups is 2. The molecule has 3 heteroatoms. The van der Waals surface area contributed by atoms with Crippen LogP contribution in [0.5, 0.6) is 0 Å². The van der Waals surface area contributed by atoms with Crippen LogP contribution in [0.1, 0.15) is 310 Å². The normalized spacial score (nSPS) is 13.6. The summed E-state index contributed by atoms with van der Waals surface area (Å²) in [4.78, 5) is 11.1. The molecule has 2 N–H and O–H groups in total. The van der Waals surface area contributed by atoms with Gasteiger partial charge in [0.15, 0.2) is 0 Å². The van der Waals surface area contributed by atoms with Crippen molar-refractivity contribution in [3.63, 3.8) is 0 Å². The predicted molar refractivity (Wildman–Crippen MR) is 431 cm³/mol. The number of anilines is 1. The van der Waals surface area contributed by atoms with Crippen LogP contribution in [0, 0.1) is 20.8 Å². The fourth-order valence-electron chi connectivity index (χ4n) is 14.9. The fourth-order valence-corrected chi connectivity index (χ4v) is 14.9. The molecule has 98 heavy (non-hydrogen) atoms. The highest BCUT2D eigenvalue weighted by molar-refractivity contribution is 6.17. The van der Waals surface area contributed by atoms with Gasteiger partial charge in [-0.25, -0.2) is 0 Å². The van der Waals surface area contributed by atoms with Crippen molar-refractivity contribution < 1.29 is 0 Å². The first-order valence-electron chi connectivity index (χ1n) is 38.1. The van der Waals surface area contributed by atoms with Crippen LogP contribution >= 0.6 is 0 Å². The monoisotopic (exact) mass is 1300 g/mol. The van der Waals surface area contributed by atoms with Crippen LogP contribution in [-0.4, -0.2) is 12.4 Å². The summed E-state index contributed by atoms with van der Waals surface area (Å²) in [5.41, 5.74) is 46.4. The summed E-state index contributed by atoms with van der Waals surface area (Å²) in [6.07, 6.45) is 16.4. The Kier molecular flexibility index (Phi) is 27.3. The second-order valence-corrected chi connectivity index (χ2v) is 28.6. The molecule has 0 heterocycles. The third-order valence-electron chi connectivity index (χ3n) is 21.6. The Labute approximate surface area is 595 Å². The highest BCUT2D eigenvalue weighted by atomic mass is 14.8. The van der Waals surface area contributed by atoms with E-state index in [0.29, 0.717) is 0 Å². The average molecular weight is 1310 g/mol. The van der Waals surface area contributed by atoms with Gasteiger partial charge in [0.1, 0.15) is 0 Å². The Morgan fingerprint density at radius 3 is 0.531 bits per heavy atom. The summed E-state index contributed by atoms with van der Waals surface area (Å²) in [6, 6.07) is 57.2. The molecule has 9 aromatic carbocycles. The van der Waals surface area contributed by atoms with Gasteiger partial charge in [0, 0.05) is 53.6 Å². The first-order chi connectivity index (χ1) is 47.1. The number of nitrogens with zero attached hydrogens (tertiary/aromatic N) is 2. The molecule has 6 atom stereocenters. The van der Waals surface area contributed by atoms with E-state index in [-0.39, 0.29) is 35.5 Å². The molecule has 3 nitrogen and oxygen atoms in total. The molecule has 0 aliphatic carbocycles. The van der Waals surface area contributed by atoms with Crippen LogP contribution < -0.4 is 5.73 Å². The van der Waals surface area contributed by atoms with Crippen molar-refractivity contribution in [2.45, 2.75) is 258 Å². The number of nitrogen functional groups attached to an aromatic ring is 1. The van der Waals surface area contributed by atoms with E-state index in [0.717, 1.165) is 94.1 Å². The topological polar surface area (TPSA) is 50.7 Å². The van der Waals surface area contributed by atoms with Crippen LogP contribution in [0.3, 0.4) is 0 Å². The van der Waals surface area contributed by atoms with E-state index >= 15 is 0 Å². The minimum Gasteiger partial charge on any atom is -0.398 e. The molecule has 0 bridgehead atoms. The Bertz CT molecular complexity index is 3670. The molecule has 9 rings (SSSR count). The number of rotatable bonds is 27. The lowest BCUT2D eigenvalue weighted by molar-refractivity contribution is 0.873. The number of nitrogens with two attached hydrogens (primary N) is 1. The lowest BCUT2D eigenvalue weighted by Gasteiger charge is -2.24. The summed E-state index contributed by atoms with van der Waals surface area (Å²) in [5.74, 6) is 1.15. The summed E-state index contributed by atoms with van der Waals surface area (Å²) in [6.45, 7) is 47.9. The van der Waals surface area contributed by atoms with Gasteiger partial charge in [0.2, 0.25) is 0 Å². The van der Waals surface area contributed by atoms with E-state index < -0.39 is 0 Å². The fraction of sp³-hybridized carbons (Fsp3) is 0.411. The van der Waals surface area contributed by atoms with Crippen molar-refractivity contribution in [1.29, 1.82) is 0 Å². The maximum Gasteiger partial charge on any atom is 0.0706 e. The molecule has 0 saturated carbocycles.